The zero-order valence-corrected chi connectivity index (χ0v) is 19.9. The molecule has 3 aromatic carbocycles. The van der Waals surface area contributed by atoms with Gasteiger partial charge in [0, 0.05) is 21.2 Å². The van der Waals surface area contributed by atoms with Gasteiger partial charge in [0.05, 0.1) is 5.52 Å². The van der Waals surface area contributed by atoms with Gasteiger partial charge in [0.15, 0.2) is 0 Å². The van der Waals surface area contributed by atoms with Crippen molar-refractivity contribution in [3.8, 4) is 0 Å². The van der Waals surface area contributed by atoms with Crippen LogP contribution in [0, 0.1) is 19.7 Å². The highest BCUT2D eigenvalue weighted by molar-refractivity contribution is 9.10. The monoisotopic (exact) mass is 522 g/mol. The van der Waals surface area contributed by atoms with Gasteiger partial charge in [0.1, 0.15) is 11.5 Å². The van der Waals surface area contributed by atoms with Crippen LogP contribution in [0.15, 0.2) is 71.2 Å². The minimum atomic E-state index is -0.947. The molecule has 34 heavy (non-hydrogen) atoms. The lowest BCUT2D eigenvalue weighted by Gasteiger charge is -2.13. The van der Waals surface area contributed by atoms with E-state index in [-0.39, 0.29) is 5.69 Å². The third-order valence-electron chi connectivity index (χ3n) is 5.16. The molecule has 7 nitrogen and oxygen atoms in total. The van der Waals surface area contributed by atoms with E-state index in [9.17, 15) is 18.8 Å². The van der Waals surface area contributed by atoms with Gasteiger partial charge in [-0.3, -0.25) is 19.8 Å². The summed E-state index contributed by atoms with van der Waals surface area (Å²) in [5, 5.41) is 5.93. The molecule has 3 N–H and O–H groups in total. The lowest BCUT2D eigenvalue weighted by Crippen LogP contribution is -2.36. The lowest BCUT2D eigenvalue weighted by atomic mass is 10.1. The fraction of sp³-hybridized carbons (Fsp3) is 0.0800. The third-order valence-corrected chi connectivity index (χ3v) is 5.65. The molecule has 0 radical (unpaired) electrons. The Kier molecular flexibility index (Phi) is 6.47. The number of aryl methyl sites for hydroxylation is 2. The number of hydrogen-bond acceptors (Lipinski definition) is 3. The summed E-state index contributed by atoms with van der Waals surface area (Å²) in [6, 6.07) is 17.6. The van der Waals surface area contributed by atoms with E-state index in [0.717, 1.165) is 15.6 Å². The van der Waals surface area contributed by atoms with Crippen molar-refractivity contribution in [3.05, 3.63) is 93.8 Å². The molecule has 0 aliphatic heterocycles. The highest BCUT2D eigenvalue weighted by Crippen LogP contribution is 2.24. The molecule has 0 aliphatic rings. The first-order valence-corrected chi connectivity index (χ1v) is 11.1. The van der Waals surface area contributed by atoms with Crippen molar-refractivity contribution >= 4 is 55.9 Å². The Balaban J connectivity index is 1.63. The number of hydrogen-bond donors (Lipinski definition) is 3. The average Bonchev–Trinajstić information content (AvgIpc) is 3.15. The maximum atomic E-state index is 13.2. The fourth-order valence-corrected chi connectivity index (χ4v) is 3.78. The molecule has 0 aliphatic carbocycles. The van der Waals surface area contributed by atoms with E-state index in [0.29, 0.717) is 22.3 Å². The van der Waals surface area contributed by atoms with Gasteiger partial charge in [-0.15, -0.1) is 0 Å². The van der Waals surface area contributed by atoms with Crippen LogP contribution in [0.25, 0.3) is 10.9 Å². The first-order valence-electron chi connectivity index (χ1n) is 10.3. The van der Waals surface area contributed by atoms with Gasteiger partial charge in [0.2, 0.25) is 0 Å². The predicted octanol–water partition coefficient (Wildman–Crippen LogP) is 5.12. The standard InChI is InChI=1S/C25H20BrFN4O3/c1-14-3-4-15(2)20(11-14)29-24(33)25(34)30-31-21-10-5-17(26)12-16(21)13-22(31)23(32)28-19-8-6-18(27)7-9-19/h3-13H,1-2H3,(H,28,32)(H,29,33)(H,30,34). The molecule has 0 unspecified atom stereocenters. The topological polar surface area (TPSA) is 92.2 Å². The first kappa shape index (κ1) is 23.2. The molecule has 0 saturated heterocycles. The molecule has 9 heteroatoms. The quantitative estimate of drug-likeness (QED) is 0.325. The molecule has 0 fully saturated rings. The van der Waals surface area contributed by atoms with Crippen LogP contribution in [0.5, 0.6) is 0 Å². The highest BCUT2D eigenvalue weighted by Gasteiger charge is 2.21. The van der Waals surface area contributed by atoms with Gasteiger partial charge in [-0.25, -0.2) is 9.07 Å². The molecule has 4 rings (SSSR count). The molecule has 3 amide bonds. The summed E-state index contributed by atoms with van der Waals surface area (Å²) in [7, 11) is 0. The number of aromatic nitrogens is 1. The zero-order valence-electron chi connectivity index (χ0n) is 18.3. The van der Waals surface area contributed by atoms with Gasteiger partial charge < -0.3 is 10.6 Å². The fourth-order valence-electron chi connectivity index (χ4n) is 3.40. The summed E-state index contributed by atoms with van der Waals surface area (Å²) in [6.45, 7) is 3.70. The van der Waals surface area contributed by atoms with Gasteiger partial charge in [-0.05, 0) is 79.6 Å². The SMILES string of the molecule is Cc1ccc(C)c(NC(=O)C(=O)Nn2c(C(=O)Nc3ccc(F)cc3)cc3cc(Br)ccc32)c1. The summed E-state index contributed by atoms with van der Waals surface area (Å²) in [5.74, 6) is -2.80. The molecule has 0 spiro atoms. The minimum absolute atomic E-state index is 0.0883. The van der Waals surface area contributed by atoms with Crippen molar-refractivity contribution in [1.29, 1.82) is 0 Å². The number of nitrogens with one attached hydrogen (secondary N) is 3. The van der Waals surface area contributed by atoms with Crippen molar-refractivity contribution in [2.45, 2.75) is 13.8 Å². The molecule has 1 aromatic heterocycles. The van der Waals surface area contributed by atoms with Crippen LogP contribution >= 0.6 is 15.9 Å². The Morgan fingerprint density at radius 1 is 0.853 bits per heavy atom. The zero-order chi connectivity index (χ0) is 24.4. The first-order chi connectivity index (χ1) is 16.2. The van der Waals surface area contributed by atoms with E-state index in [1.807, 2.05) is 26.0 Å². The Morgan fingerprint density at radius 3 is 2.32 bits per heavy atom. The Hall–Kier alpha value is -3.98. The highest BCUT2D eigenvalue weighted by atomic mass is 79.9. The molecule has 0 bridgehead atoms. The molecule has 1 heterocycles. The number of benzene rings is 3. The van der Waals surface area contributed by atoms with Crippen LogP contribution in [-0.2, 0) is 9.59 Å². The molecule has 4 aromatic rings. The van der Waals surface area contributed by atoms with Gasteiger partial charge >= 0.3 is 11.8 Å². The van der Waals surface area contributed by atoms with Gasteiger partial charge in [0.25, 0.3) is 5.91 Å². The van der Waals surface area contributed by atoms with Crippen LogP contribution in [0.2, 0.25) is 0 Å². The van der Waals surface area contributed by atoms with Crippen LogP contribution < -0.4 is 16.1 Å². The van der Waals surface area contributed by atoms with E-state index in [4.69, 9.17) is 0 Å². The molecular weight excluding hydrogens is 503 g/mol. The summed E-state index contributed by atoms with van der Waals surface area (Å²) in [4.78, 5) is 38.4. The number of fused-ring (bicyclic) bond motifs is 1. The largest absolute Gasteiger partial charge is 0.328 e. The Bertz CT molecular complexity index is 1430. The van der Waals surface area contributed by atoms with Gasteiger partial charge in [-0.1, -0.05) is 28.1 Å². The molecule has 0 saturated carbocycles. The number of amides is 3. The summed E-state index contributed by atoms with van der Waals surface area (Å²) in [6.07, 6.45) is 0. The minimum Gasteiger partial charge on any atom is -0.321 e. The molecular formula is C25H20BrFN4O3. The molecule has 172 valence electrons. The van der Waals surface area contributed by atoms with Crippen molar-refractivity contribution in [2.75, 3.05) is 16.1 Å². The number of carbonyl (C=O) groups excluding carboxylic acids is 3. The van der Waals surface area contributed by atoms with E-state index in [2.05, 4.69) is 32.0 Å². The maximum Gasteiger partial charge on any atom is 0.328 e. The number of anilines is 2. The maximum absolute atomic E-state index is 13.2. The number of carbonyl (C=O) groups is 3. The summed E-state index contributed by atoms with van der Waals surface area (Å²) in [5.41, 5.74) is 5.76. The second-order valence-corrected chi connectivity index (χ2v) is 8.66. The third kappa shape index (κ3) is 4.99. The van der Waals surface area contributed by atoms with Crippen LogP contribution in [-0.4, -0.2) is 22.4 Å². The van der Waals surface area contributed by atoms with Crippen molar-refractivity contribution < 1.29 is 18.8 Å². The second-order valence-electron chi connectivity index (χ2n) is 7.74. The Morgan fingerprint density at radius 2 is 1.59 bits per heavy atom. The summed E-state index contributed by atoms with van der Waals surface area (Å²) >= 11 is 3.39. The van der Waals surface area contributed by atoms with E-state index in [1.54, 1.807) is 30.3 Å². The van der Waals surface area contributed by atoms with Crippen LogP contribution in [0.4, 0.5) is 15.8 Å². The Labute approximate surface area is 203 Å². The van der Waals surface area contributed by atoms with Crippen LogP contribution in [0.1, 0.15) is 21.6 Å². The van der Waals surface area contributed by atoms with E-state index in [1.165, 1.54) is 28.9 Å². The second kappa shape index (κ2) is 9.48. The average molecular weight is 523 g/mol. The number of nitrogens with zero attached hydrogens (tertiary/aromatic N) is 1. The smallest absolute Gasteiger partial charge is 0.321 e. The van der Waals surface area contributed by atoms with Crippen molar-refractivity contribution in [3.63, 3.8) is 0 Å². The lowest BCUT2D eigenvalue weighted by molar-refractivity contribution is -0.133. The predicted molar refractivity (Wildman–Crippen MR) is 133 cm³/mol. The summed E-state index contributed by atoms with van der Waals surface area (Å²) < 4.78 is 15.2. The van der Waals surface area contributed by atoms with Gasteiger partial charge in [-0.2, -0.15) is 0 Å². The van der Waals surface area contributed by atoms with Crippen molar-refractivity contribution in [2.24, 2.45) is 0 Å². The normalized spacial score (nSPS) is 10.7. The van der Waals surface area contributed by atoms with E-state index < -0.39 is 23.5 Å². The number of rotatable bonds is 4. The van der Waals surface area contributed by atoms with Crippen molar-refractivity contribution in [1.82, 2.24) is 4.68 Å². The van der Waals surface area contributed by atoms with Crippen LogP contribution in [0.3, 0.4) is 0 Å². The van der Waals surface area contributed by atoms with E-state index >= 15 is 0 Å². The number of halogens is 2. The molecule has 0 atom stereocenters.